The average molecular weight is 175 g/mol. The van der Waals surface area contributed by atoms with Crippen LogP contribution in [-0.4, -0.2) is 12.3 Å². The van der Waals surface area contributed by atoms with Gasteiger partial charge in [-0.15, -0.1) is 0 Å². The lowest BCUT2D eigenvalue weighted by molar-refractivity contribution is -0.117. The van der Waals surface area contributed by atoms with Crippen LogP contribution in [0.5, 0.6) is 0 Å². The fraction of sp³-hybridized carbons (Fsp3) is 0.364. The molecule has 1 aromatic rings. The van der Waals surface area contributed by atoms with Gasteiger partial charge in [0.1, 0.15) is 5.78 Å². The van der Waals surface area contributed by atoms with Crippen LogP contribution < -0.4 is 5.32 Å². The molecule has 0 spiro atoms. The van der Waals surface area contributed by atoms with Crippen molar-refractivity contribution in [3.63, 3.8) is 0 Å². The lowest BCUT2D eigenvalue weighted by atomic mass is 9.96. The minimum Gasteiger partial charge on any atom is -0.384 e. The Labute approximate surface area is 78.0 Å². The molecule has 0 aliphatic carbocycles. The number of carbonyl (C=O) groups excluding carboxylic acids is 1. The van der Waals surface area contributed by atoms with Gasteiger partial charge in [-0.3, -0.25) is 0 Å². The van der Waals surface area contributed by atoms with Gasteiger partial charge in [-0.1, -0.05) is 18.2 Å². The van der Waals surface area contributed by atoms with E-state index >= 15 is 0 Å². The summed E-state index contributed by atoms with van der Waals surface area (Å²) in [5.74, 6) is 0.650. The number of benzene rings is 1. The summed E-state index contributed by atoms with van der Waals surface area (Å²) in [5.41, 5.74) is 2.48. The summed E-state index contributed by atoms with van der Waals surface area (Å²) in [6, 6.07) is 8.21. The van der Waals surface area contributed by atoms with Crippen molar-refractivity contribution in [2.24, 2.45) is 0 Å². The SMILES string of the molecule is CC(=O)CC1CNc2ccccc21. The van der Waals surface area contributed by atoms with Gasteiger partial charge in [-0.2, -0.15) is 0 Å². The van der Waals surface area contributed by atoms with Gasteiger partial charge in [0.15, 0.2) is 0 Å². The monoisotopic (exact) mass is 175 g/mol. The molecule has 0 radical (unpaired) electrons. The standard InChI is InChI=1S/C11H13NO/c1-8(13)6-9-7-12-11-5-3-2-4-10(9)11/h2-5,9,12H,6-7H2,1H3. The number of Topliss-reactive ketones (excluding diaryl/α,β-unsaturated/α-hetero) is 1. The molecule has 1 atom stereocenters. The van der Waals surface area contributed by atoms with E-state index in [1.165, 1.54) is 11.3 Å². The van der Waals surface area contributed by atoms with Crippen molar-refractivity contribution >= 4 is 11.5 Å². The van der Waals surface area contributed by atoms with Gasteiger partial charge in [-0.05, 0) is 18.6 Å². The molecule has 1 aromatic carbocycles. The maximum absolute atomic E-state index is 11.0. The molecule has 1 aliphatic rings. The van der Waals surface area contributed by atoms with Gasteiger partial charge in [0.2, 0.25) is 0 Å². The second kappa shape index (κ2) is 3.21. The van der Waals surface area contributed by atoms with Crippen molar-refractivity contribution in [1.29, 1.82) is 0 Å². The fourth-order valence-corrected chi connectivity index (χ4v) is 1.89. The average Bonchev–Trinajstić information content (AvgIpc) is 2.48. The number of ketones is 1. The number of hydrogen-bond donors (Lipinski definition) is 1. The number of hydrogen-bond acceptors (Lipinski definition) is 2. The van der Waals surface area contributed by atoms with Crippen molar-refractivity contribution in [3.05, 3.63) is 29.8 Å². The Morgan fingerprint density at radius 3 is 3.08 bits per heavy atom. The molecule has 68 valence electrons. The van der Waals surface area contributed by atoms with E-state index < -0.39 is 0 Å². The zero-order valence-electron chi connectivity index (χ0n) is 7.71. The van der Waals surface area contributed by atoms with E-state index in [1.54, 1.807) is 6.92 Å². The van der Waals surface area contributed by atoms with Gasteiger partial charge in [0, 0.05) is 24.6 Å². The molecule has 0 amide bonds. The first kappa shape index (κ1) is 8.30. The van der Waals surface area contributed by atoms with E-state index in [0.29, 0.717) is 12.3 Å². The third kappa shape index (κ3) is 1.57. The van der Waals surface area contributed by atoms with Crippen LogP contribution in [-0.2, 0) is 4.79 Å². The number of para-hydroxylation sites is 1. The smallest absolute Gasteiger partial charge is 0.130 e. The normalized spacial score (nSPS) is 19.3. The zero-order valence-corrected chi connectivity index (χ0v) is 7.71. The molecule has 1 aliphatic heterocycles. The van der Waals surface area contributed by atoms with Gasteiger partial charge >= 0.3 is 0 Å². The molecule has 0 saturated carbocycles. The van der Waals surface area contributed by atoms with Gasteiger partial charge in [0.25, 0.3) is 0 Å². The molecule has 0 saturated heterocycles. The lowest BCUT2D eigenvalue weighted by Gasteiger charge is -2.06. The van der Waals surface area contributed by atoms with Gasteiger partial charge < -0.3 is 10.1 Å². The molecule has 13 heavy (non-hydrogen) atoms. The Hall–Kier alpha value is -1.31. The molecule has 0 fully saturated rings. The maximum Gasteiger partial charge on any atom is 0.130 e. The Balaban J connectivity index is 2.23. The third-order valence-electron chi connectivity index (χ3n) is 2.47. The molecule has 2 rings (SSSR count). The van der Waals surface area contributed by atoms with E-state index in [9.17, 15) is 4.79 Å². The van der Waals surface area contributed by atoms with E-state index in [4.69, 9.17) is 0 Å². The van der Waals surface area contributed by atoms with E-state index in [0.717, 1.165) is 6.54 Å². The molecule has 0 aromatic heterocycles. The van der Waals surface area contributed by atoms with Crippen molar-refractivity contribution < 1.29 is 4.79 Å². The minimum atomic E-state index is 0.267. The Morgan fingerprint density at radius 2 is 2.31 bits per heavy atom. The van der Waals surface area contributed by atoms with E-state index in [-0.39, 0.29) is 5.78 Å². The number of carbonyl (C=O) groups is 1. The predicted molar refractivity (Wildman–Crippen MR) is 53.0 cm³/mol. The fourth-order valence-electron chi connectivity index (χ4n) is 1.89. The van der Waals surface area contributed by atoms with Crippen LogP contribution in [0.4, 0.5) is 5.69 Å². The summed E-state index contributed by atoms with van der Waals surface area (Å²) in [5, 5.41) is 3.30. The summed E-state index contributed by atoms with van der Waals surface area (Å²) in [6.07, 6.45) is 0.657. The first-order chi connectivity index (χ1) is 6.27. The lowest BCUT2D eigenvalue weighted by Crippen LogP contribution is -2.06. The third-order valence-corrected chi connectivity index (χ3v) is 2.47. The Kier molecular flexibility index (Phi) is 2.05. The van der Waals surface area contributed by atoms with Crippen molar-refractivity contribution in [2.75, 3.05) is 11.9 Å². The maximum atomic E-state index is 11.0. The largest absolute Gasteiger partial charge is 0.384 e. The second-order valence-electron chi connectivity index (χ2n) is 3.57. The topological polar surface area (TPSA) is 29.1 Å². The van der Waals surface area contributed by atoms with Crippen LogP contribution >= 0.6 is 0 Å². The van der Waals surface area contributed by atoms with Gasteiger partial charge in [-0.25, -0.2) is 0 Å². The predicted octanol–water partition coefficient (Wildman–Crippen LogP) is 2.17. The van der Waals surface area contributed by atoms with E-state index in [2.05, 4.69) is 17.4 Å². The molecule has 1 N–H and O–H groups in total. The number of nitrogens with one attached hydrogen (secondary N) is 1. The summed E-state index contributed by atoms with van der Waals surface area (Å²) < 4.78 is 0. The Bertz CT molecular complexity index is 333. The Morgan fingerprint density at radius 1 is 1.54 bits per heavy atom. The van der Waals surface area contributed by atoms with Crippen LogP contribution in [0.15, 0.2) is 24.3 Å². The molecule has 2 nitrogen and oxygen atoms in total. The van der Waals surface area contributed by atoms with Crippen molar-refractivity contribution in [1.82, 2.24) is 0 Å². The highest BCUT2D eigenvalue weighted by atomic mass is 16.1. The van der Waals surface area contributed by atoms with Gasteiger partial charge in [0.05, 0.1) is 0 Å². The quantitative estimate of drug-likeness (QED) is 0.746. The van der Waals surface area contributed by atoms with Crippen LogP contribution in [0.1, 0.15) is 24.8 Å². The minimum absolute atomic E-state index is 0.267. The van der Waals surface area contributed by atoms with Crippen LogP contribution in [0.2, 0.25) is 0 Å². The summed E-state index contributed by atoms with van der Waals surface area (Å²) in [7, 11) is 0. The molecule has 0 bridgehead atoms. The first-order valence-electron chi connectivity index (χ1n) is 4.59. The summed E-state index contributed by atoms with van der Waals surface area (Å²) in [4.78, 5) is 11.0. The molecular formula is C11H13NO. The first-order valence-corrected chi connectivity index (χ1v) is 4.59. The molecule has 2 heteroatoms. The van der Waals surface area contributed by atoms with Crippen molar-refractivity contribution in [3.8, 4) is 0 Å². The number of fused-ring (bicyclic) bond motifs is 1. The number of rotatable bonds is 2. The van der Waals surface area contributed by atoms with Crippen molar-refractivity contribution in [2.45, 2.75) is 19.3 Å². The molecular weight excluding hydrogens is 162 g/mol. The van der Waals surface area contributed by atoms with E-state index in [1.807, 2.05) is 12.1 Å². The molecule has 1 heterocycles. The van der Waals surface area contributed by atoms with Crippen LogP contribution in [0, 0.1) is 0 Å². The highest BCUT2D eigenvalue weighted by Gasteiger charge is 2.22. The second-order valence-corrected chi connectivity index (χ2v) is 3.57. The number of anilines is 1. The summed E-state index contributed by atoms with van der Waals surface area (Å²) in [6.45, 7) is 2.56. The zero-order chi connectivity index (χ0) is 9.26. The van der Waals surface area contributed by atoms with Crippen LogP contribution in [0.25, 0.3) is 0 Å². The molecule has 1 unspecified atom stereocenters. The van der Waals surface area contributed by atoms with Crippen LogP contribution in [0.3, 0.4) is 0 Å². The highest BCUT2D eigenvalue weighted by molar-refractivity contribution is 5.77. The highest BCUT2D eigenvalue weighted by Crippen LogP contribution is 2.32. The summed E-state index contributed by atoms with van der Waals surface area (Å²) >= 11 is 0.